The van der Waals surface area contributed by atoms with Crippen LogP contribution in [0.25, 0.3) is 0 Å². The lowest BCUT2D eigenvalue weighted by Gasteiger charge is -2.32. The molecular formula is C14H19BClNO2. The van der Waals surface area contributed by atoms with E-state index in [1.807, 2.05) is 33.8 Å². The maximum absolute atomic E-state index is 6.38. The number of hydrogen-bond donors (Lipinski definition) is 0. The van der Waals surface area contributed by atoms with Gasteiger partial charge in [0.05, 0.1) is 21.9 Å². The molecule has 1 saturated heterocycles. The third kappa shape index (κ3) is 2.57. The largest absolute Gasteiger partial charge is 0.496 e. The molecule has 0 saturated carbocycles. The van der Waals surface area contributed by atoms with E-state index in [1.165, 1.54) is 0 Å². The first-order chi connectivity index (χ1) is 8.78. The van der Waals surface area contributed by atoms with Crippen LogP contribution >= 0.6 is 11.6 Å². The van der Waals surface area contributed by atoms with Gasteiger partial charge in [-0.3, -0.25) is 4.98 Å². The molecule has 0 atom stereocenters. The summed E-state index contributed by atoms with van der Waals surface area (Å²) in [6.45, 7) is 11.8. The van der Waals surface area contributed by atoms with Gasteiger partial charge in [0, 0.05) is 18.1 Å². The topological polar surface area (TPSA) is 31.4 Å². The van der Waals surface area contributed by atoms with Crippen molar-refractivity contribution >= 4 is 24.2 Å². The van der Waals surface area contributed by atoms with Crippen molar-refractivity contribution in [3.8, 4) is 0 Å². The molecule has 1 aliphatic heterocycles. The Labute approximate surface area is 120 Å². The molecule has 1 fully saturated rings. The number of rotatable bonds is 3. The zero-order valence-electron chi connectivity index (χ0n) is 11.9. The van der Waals surface area contributed by atoms with Crippen LogP contribution in [0, 0.1) is 0 Å². The van der Waals surface area contributed by atoms with Crippen molar-refractivity contribution in [2.45, 2.75) is 45.3 Å². The molecular weight excluding hydrogens is 260 g/mol. The molecule has 1 aliphatic rings. The summed E-state index contributed by atoms with van der Waals surface area (Å²) in [5.74, 6) is 0. The fourth-order valence-electron chi connectivity index (χ4n) is 1.94. The van der Waals surface area contributed by atoms with E-state index in [9.17, 15) is 0 Å². The van der Waals surface area contributed by atoms with Crippen molar-refractivity contribution in [3.63, 3.8) is 0 Å². The lowest BCUT2D eigenvalue weighted by Crippen LogP contribution is -2.41. The van der Waals surface area contributed by atoms with Crippen molar-refractivity contribution in [1.82, 2.24) is 4.98 Å². The molecule has 5 heteroatoms. The Morgan fingerprint density at radius 1 is 1.32 bits per heavy atom. The normalized spacial score (nSPS) is 20.6. The first-order valence-corrected chi connectivity index (χ1v) is 6.76. The van der Waals surface area contributed by atoms with Crippen LogP contribution in [0.3, 0.4) is 0 Å². The van der Waals surface area contributed by atoms with E-state index in [1.54, 1.807) is 12.3 Å². The van der Waals surface area contributed by atoms with E-state index in [4.69, 9.17) is 20.9 Å². The molecule has 19 heavy (non-hydrogen) atoms. The van der Waals surface area contributed by atoms with Crippen molar-refractivity contribution in [3.05, 3.63) is 35.6 Å². The fraction of sp³-hybridized carbons (Fsp3) is 0.500. The number of hydrogen-bond acceptors (Lipinski definition) is 3. The van der Waals surface area contributed by atoms with E-state index >= 15 is 0 Å². The Morgan fingerprint density at radius 2 is 1.89 bits per heavy atom. The average Bonchev–Trinajstić information content (AvgIpc) is 2.51. The summed E-state index contributed by atoms with van der Waals surface area (Å²) in [6.07, 6.45) is 4.14. The summed E-state index contributed by atoms with van der Waals surface area (Å²) in [5, 5.41) is 0.598. The van der Waals surface area contributed by atoms with Crippen LogP contribution in [-0.4, -0.2) is 23.3 Å². The average molecular weight is 280 g/mol. The molecule has 3 nitrogen and oxygen atoms in total. The Kier molecular flexibility index (Phi) is 3.78. The van der Waals surface area contributed by atoms with Gasteiger partial charge in [-0.25, -0.2) is 0 Å². The van der Waals surface area contributed by atoms with Crippen LogP contribution < -0.4 is 5.46 Å². The molecule has 1 aromatic heterocycles. The van der Waals surface area contributed by atoms with Crippen LogP contribution in [0.1, 0.15) is 33.4 Å². The SMILES string of the molecule is C=CCc1nccc(B2OC(C)(C)C(C)(C)O2)c1Cl. The van der Waals surface area contributed by atoms with E-state index in [2.05, 4.69) is 11.6 Å². The standard InChI is InChI=1S/C14H19BClNO2/c1-6-7-11-12(16)10(8-9-17-11)15-18-13(2,3)14(4,5)19-15/h6,8-9H,1,7H2,2-5H3. The van der Waals surface area contributed by atoms with E-state index in [0.717, 1.165) is 11.2 Å². The highest BCUT2D eigenvalue weighted by atomic mass is 35.5. The Balaban J connectivity index is 2.34. The molecule has 0 spiro atoms. The summed E-state index contributed by atoms with van der Waals surface area (Å²) in [7, 11) is -0.455. The van der Waals surface area contributed by atoms with Gasteiger partial charge in [0.15, 0.2) is 0 Å². The van der Waals surface area contributed by atoms with Gasteiger partial charge >= 0.3 is 7.12 Å². The molecule has 102 valence electrons. The maximum Gasteiger partial charge on any atom is 0.496 e. The fourth-order valence-corrected chi connectivity index (χ4v) is 2.21. The molecule has 0 aromatic carbocycles. The number of pyridine rings is 1. The highest BCUT2D eigenvalue weighted by molar-refractivity contribution is 6.65. The maximum atomic E-state index is 6.38. The molecule has 0 N–H and O–H groups in total. The molecule has 1 aromatic rings. The Morgan fingerprint density at radius 3 is 2.42 bits per heavy atom. The minimum absolute atomic E-state index is 0.372. The van der Waals surface area contributed by atoms with E-state index < -0.39 is 7.12 Å². The van der Waals surface area contributed by atoms with Gasteiger partial charge in [0.2, 0.25) is 0 Å². The first kappa shape index (κ1) is 14.6. The van der Waals surface area contributed by atoms with Crippen LogP contribution in [0.2, 0.25) is 5.02 Å². The van der Waals surface area contributed by atoms with Crippen LogP contribution in [0.15, 0.2) is 24.9 Å². The molecule has 0 amide bonds. The number of aromatic nitrogens is 1. The van der Waals surface area contributed by atoms with Gasteiger partial charge in [-0.2, -0.15) is 0 Å². The summed E-state index contributed by atoms with van der Waals surface area (Å²) < 4.78 is 12.0. The van der Waals surface area contributed by atoms with Gasteiger partial charge in [0.1, 0.15) is 0 Å². The summed E-state index contributed by atoms with van der Waals surface area (Å²) in [5.41, 5.74) is 0.877. The predicted octanol–water partition coefficient (Wildman–Crippen LogP) is 2.76. The summed E-state index contributed by atoms with van der Waals surface area (Å²) >= 11 is 6.38. The van der Waals surface area contributed by atoms with Gasteiger partial charge in [-0.05, 0) is 33.8 Å². The second kappa shape index (κ2) is 4.93. The van der Waals surface area contributed by atoms with Gasteiger partial charge < -0.3 is 9.31 Å². The van der Waals surface area contributed by atoms with E-state index in [0.29, 0.717) is 11.4 Å². The molecule has 2 rings (SSSR count). The third-order valence-electron chi connectivity index (χ3n) is 3.84. The highest BCUT2D eigenvalue weighted by Gasteiger charge is 2.52. The second-order valence-electron chi connectivity index (χ2n) is 5.74. The number of allylic oxidation sites excluding steroid dienone is 1. The van der Waals surface area contributed by atoms with Gasteiger partial charge in [-0.1, -0.05) is 17.7 Å². The third-order valence-corrected chi connectivity index (χ3v) is 4.27. The molecule has 2 heterocycles. The first-order valence-electron chi connectivity index (χ1n) is 6.38. The van der Waals surface area contributed by atoms with Gasteiger partial charge in [0.25, 0.3) is 0 Å². The monoisotopic (exact) mass is 279 g/mol. The summed E-state index contributed by atoms with van der Waals surface area (Å²) in [6, 6.07) is 1.84. The quantitative estimate of drug-likeness (QED) is 0.630. The van der Waals surface area contributed by atoms with Crippen molar-refractivity contribution in [1.29, 1.82) is 0 Å². The lowest BCUT2D eigenvalue weighted by molar-refractivity contribution is 0.00578. The van der Waals surface area contributed by atoms with E-state index in [-0.39, 0.29) is 11.2 Å². The number of halogens is 1. The van der Waals surface area contributed by atoms with Crippen molar-refractivity contribution in [2.24, 2.45) is 0 Å². The number of nitrogens with zero attached hydrogens (tertiary/aromatic N) is 1. The van der Waals surface area contributed by atoms with Crippen molar-refractivity contribution in [2.75, 3.05) is 0 Å². The lowest BCUT2D eigenvalue weighted by atomic mass is 9.79. The zero-order chi connectivity index (χ0) is 14.3. The molecule has 0 bridgehead atoms. The smallest absolute Gasteiger partial charge is 0.399 e. The molecule has 0 aliphatic carbocycles. The Bertz CT molecular complexity index is 486. The van der Waals surface area contributed by atoms with Crippen LogP contribution in [0.5, 0.6) is 0 Å². The van der Waals surface area contributed by atoms with Crippen LogP contribution in [-0.2, 0) is 15.7 Å². The minimum atomic E-state index is -0.455. The summed E-state index contributed by atoms with van der Waals surface area (Å²) in [4.78, 5) is 4.26. The van der Waals surface area contributed by atoms with Crippen molar-refractivity contribution < 1.29 is 9.31 Å². The molecule has 0 radical (unpaired) electrons. The van der Waals surface area contributed by atoms with Gasteiger partial charge in [-0.15, -0.1) is 6.58 Å². The van der Waals surface area contributed by atoms with Crippen LogP contribution in [0.4, 0.5) is 0 Å². The second-order valence-corrected chi connectivity index (χ2v) is 6.12. The minimum Gasteiger partial charge on any atom is -0.399 e. The Hall–Kier alpha value is -0.835. The predicted molar refractivity (Wildman–Crippen MR) is 78.9 cm³/mol. The molecule has 0 unspecified atom stereocenters. The highest BCUT2D eigenvalue weighted by Crippen LogP contribution is 2.37. The zero-order valence-corrected chi connectivity index (χ0v) is 12.6.